The van der Waals surface area contributed by atoms with E-state index in [1.165, 1.54) is 0 Å². The highest BCUT2D eigenvalue weighted by molar-refractivity contribution is 7.17. The molecule has 4 heteroatoms. The number of Topliss-reactive ketones (excluding diaryl/α,β-unsaturated/α-hetero) is 1. The van der Waals surface area contributed by atoms with Gasteiger partial charge in [0.15, 0.2) is 5.78 Å². The smallest absolute Gasteiger partial charge is 0.196 e. The van der Waals surface area contributed by atoms with E-state index in [0.29, 0.717) is 12.1 Å². The zero-order valence-electron chi connectivity index (χ0n) is 7.93. The number of thiophene rings is 1. The highest BCUT2D eigenvalue weighted by Gasteiger charge is 2.28. The summed E-state index contributed by atoms with van der Waals surface area (Å²) in [5.41, 5.74) is 1.83. The quantitative estimate of drug-likeness (QED) is 0.679. The minimum atomic E-state index is -0.443. The molecule has 0 radical (unpaired) electrons. The first-order chi connectivity index (χ1) is 7.31. The molecular weight excluding hydrogens is 208 g/mol. The lowest BCUT2D eigenvalue weighted by Gasteiger charge is -2.18. The van der Waals surface area contributed by atoms with Crippen LogP contribution in [0, 0.1) is 17.2 Å². The molecule has 0 saturated carbocycles. The van der Waals surface area contributed by atoms with Crippen LogP contribution in [0.2, 0.25) is 0 Å². The van der Waals surface area contributed by atoms with Gasteiger partial charge in [0.1, 0.15) is 5.92 Å². The second-order valence-electron chi connectivity index (χ2n) is 3.69. The summed E-state index contributed by atoms with van der Waals surface area (Å²) in [6.45, 7) is 0.777. The van der Waals surface area contributed by atoms with Crippen LogP contribution in [0.5, 0.6) is 0 Å². The number of hydrogen-bond acceptors (Lipinski definition) is 3. The Balaban J connectivity index is 2.24. The minimum absolute atomic E-state index is 0.0212. The molecule has 3 rings (SSSR count). The number of hydrogen-bond donors (Lipinski definition) is 0. The average Bonchev–Trinajstić information content (AvgIpc) is 2.79. The predicted molar refractivity (Wildman–Crippen MR) is 57.9 cm³/mol. The maximum absolute atomic E-state index is 11.9. The van der Waals surface area contributed by atoms with E-state index in [1.807, 2.05) is 22.1 Å². The maximum atomic E-state index is 11.9. The first kappa shape index (κ1) is 8.69. The van der Waals surface area contributed by atoms with Crippen molar-refractivity contribution in [3.05, 3.63) is 23.2 Å². The third kappa shape index (κ3) is 1.07. The van der Waals surface area contributed by atoms with Crippen LogP contribution in [0.3, 0.4) is 0 Å². The van der Waals surface area contributed by atoms with E-state index in [1.54, 1.807) is 11.3 Å². The first-order valence-electron chi connectivity index (χ1n) is 4.82. The summed E-state index contributed by atoms with van der Waals surface area (Å²) < 4.78 is 3.17. The molecule has 3 heterocycles. The van der Waals surface area contributed by atoms with Gasteiger partial charge in [0, 0.05) is 6.54 Å². The van der Waals surface area contributed by atoms with Gasteiger partial charge in [-0.3, -0.25) is 4.79 Å². The van der Waals surface area contributed by atoms with Crippen LogP contribution in [-0.4, -0.2) is 10.4 Å². The molecule has 1 unspecified atom stereocenters. The van der Waals surface area contributed by atoms with E-state index in [4.69, 9.17) is 5.26 Å². The zero-order chi connectivity index (χ0) is 10.4. The predicted octanol–water partition coefficient (Wildman–Crippen LogP) is 2.43. The van der Waals surface area contributed by atoms with Crippen LogP contribution in [0.25, 0.3) is 10.2 Å². The van der Waals surface area contributed by atoms with Crippen molar-refractivity contribution in [1.29, 1.82) is 5.26 Å². The van der Waals surface area contributed by atoms with E-state index in [2.05, 4.69) is 6.07 Å². The number of nitrogens with zero attached hydrogens (tertiary/aromatic N) is 2. The molecule has 0 aliphatic carbocycles. The fourth-order valence-corrected chi connectivity index (χ4v) is 2.94. The molecule has 2 aromatic heterocycles. The molecule has 0 saturated heterocycles. The summed E-state index contributed by atoms with van der Waals surface area (Å²) in [5.74, 6) is -0.464. The Labute approximate surface area is 90.5 Å². The van der Waals surface area contributed by atoms with Gasteiger partial charge in [-0.05, 0) is 23.9 Å². The number of nitriles is 1. The van der Waals surface area contributed by atoms with Gasteiger partial charge in [0.25, 0.3) is 0 Å². The van der Waals surface area contributed by atoms with Crippen molar-refractivity contribution in [2.75, 3.05) is 0 Å². The van der Waals surface area contributed by atoms with Crippen molar-refractivity contribution in [2.24, 2.45) is 5.92 Å². The van der Waals surface area contributed by atoms with Crippen LogP contribution >= 0.6 is 11.3 Å². The van der Waals surface area contributed by atoms with Crippen LogP contribution in [0.15, 0.2) is 17.5 Å². The van der Waals surface area contributed by atoms with Gasteiger partial charge in [0.2, 0.25) is 0 Å². The number of rotatable bonds is 0. The molecule has 74 valence electrons. The molecule has 0 spiro atoms. The van der Waals surface area contributed by atoms with Gasteiger partial charge in [-0.15, -0.1) is 11.3 Å². The summed E-state index contributed by atoms with van der Waals surface area (Å²) in [6.07, 6.45) is 0.641. The Bertz CT molecular complexity index is 587. The Morgan fingerprint density at radius 1 is 1.60 bits per heavy atom. The van der Waals surface area contributed by atoms with E-state index < -0.39 is 5.92 Å². The summed E-state index contributed by atoms with van der Waals surface area (Å²) >= 11 is 1.64. The maximum Gasteiger partial charge on any atom is 0.196 e. The van der Waals surface area contributed by atoms with Gasteiger partial charge in [-0.1, -0.05) is 0 Å². The average molecular weight is 216 g/mol. The van der Waals surface area contributed by atoms with E-state index in [-0.39, 0.29) is 5.78 Å². The van der Waals surface area contributed by atoms with Gasteiger partial charge in [0.05, 0.1) is 22.0 Å². The summed E-state index contributed by atoms with van der Waals surface area (Å²) in [7, 11) is 0. The van der Waals surface area contributed by atoms with Gasteiger partial charge in [-0.2, -0.15) is 5.26 Å². The highest BCUT2D eigenvalue weighted by Crippen LogP contribution is 2.30. The van der Waals surface area contributed by atoms with Crippen LogP contribution < -0.4 is 0 Å². The van der Waals surface area contributed by atoms with E-state index in [9.17, 15) is 4.79 Å². The number of ketones is 1. The molecular formula is C11H8N2OS. The molecule has 0 fully saturated rings. The van der Waals surface area contributed by atoms with Crippen LogP contribution in [0.4, 0.5) is 0 Å². The molecule has 1 aliphatic rings. The minimum Gasteiger partial charge on any atom is -0.337 e. The topological polar surface area (TPSA) is 45.8 Å². The molecule has 1 atom stereocenters. The van der Waals surface area contributed by atoms with Crippen LogP contribution in [0.1, 0.15) is 16.9 Å². The summed E-state index contributed by atoms with van der Waals surface area (Å²) in [4.78, 5) is 11.9. The molecule has 1 aliphatic heterocycles. The normalized spacial score (nSPS) is 20.2. The summed E-state index contributed by atoms with van der Waals surface area (Å²) in [6, 6.07) is 6.01. The Morgan fingerprint density at radius 3 is 3.27 bits per heavy atom. The number of carbonyl (C=O) groups excluding carboxylic acids is 1. The number of aryl methyl sites for hydroxylation is 1. The van der Waals surface area contributed by atoms with Gasteiger partial charge >= 0.3 is 0 Å². The lowest BCUT2D eigenvalue weighted by Crippen LogP contribution is -2.24. The van der Waals surface area contributed by atoms with Crippen molar-refractivity contribution < 1.29 is 4.79 Å². The molecule has 0 bridgehead atoms. The lowest BCUT2D eigenvalue weighted by atomic mass is 9.96. The molecule has 0 amide bonds. The van der Waals surface area contributed by atoms with Gasteiger partial charge in [-0.25, -0.2) is 0 Å². The second-order valence-corrected chi connectivity index (χ2v) is 4.63. The zero-order valence-corrected chi connectivity index (χ0v) is 8.75. The summed E-state index contributed by atoms with van der Waals surface area (Å²) in [5, 5.41) is 10.9. The number of aromatic nitrogens is 1. The number of fused-ring (bicyclic) bond motifs is 3. The van der Waals surface area contributed by atoms with Gasteiger partial charge < -0.3 is 4.57 Å². The number of carbonyl (C=O) groups is 1. The Morgan fingerprint density at radius 2 is 2.47 bits per heavy atom. The van der Waals surface area contributed by atoms with Crippen molar-refractivity contribution in [3.8, 4) is 6.07 Å². The van der Waals surface area contributed by atoms with Crippen molar-refractivity contribution >= 4 is 27.3 Å². The lowest BCUT2D eigenvalue weighted by molar-refractivity contribution is 0.0915. The fourth-order valence-electron chi connectivity index (χ4n) is 2.11. The van der Waals surface area contributed by atoms with Crippen molar-refractivity contribution in [2.45, 2.75) is 13.0 Å². The first-order valence-corrected chi connectivity index (χ1v) is 5.70. The van der Waals surface area contributed by atoms with Crippen molar-refractivity contribution in [3.63, 3.8) is 0 Å². The Kier molecular flexibility index (Phi) is 1.70. The molecule has 0 N–H and O–H groups in total. The molecule has 2 aromatic rings. The van der Waals surface area contributed by atoms with Crippen molar-refractivity contribution in [1.82, 2.24) is 4.57 Å². The standard InChI is InChI=1S/C11H8N2OS/c12-6-7-1-3-13-8-2-4-15-10(8)5-9(13)11(7)14/h2,4-5,7H,1,3H2. The third-order valence-corrected chi connectivity index (χ3v) is 3.74. The highest BCUT2D eigenvalue weighted by atomic mass is 32.1. The largest absolute Gasteiger partial charge is 0.337 e. The fraction of sp³-hybridized carbons (Fsp3) is 0.273. The third-order valence-electron chi connectivity index (χ3n) is 2.89. The molecule has 3 nitrogen and oxygen atoms in total. The van der Waals surface area contributed by atoms with Crippen LogP contribution in [-0.2, 0) is 6.54 Å². The van der Waals surface area contributed by atoms with E-state index >= 15 is 0 Å². The SMILES string of the molecule is N#CC1CCn2c(cc3sccc32)C1=O. The molecule has 15 heavy (non-hydrogen) atoms. The monoisotopic (exact) mass is 216 g/mol. The Hall–Kier alpha value is -1.60. The van der Waals surface area contributed by atoms with E-state index in [0.717, 1.165) is 16.8 Å². The second kappa shape index (κ2) is 2.94. The molecule has 0 aromatic carbocycles.